The van der Waals surface area contributed by atoms with E-state index in [2.05, 4.69) is 60.4 Å². The molecule has 0 spiro atoms. The molecule has 2 saturated heterocycles. The van der Waals surface area contributed by atoms with E-state index < -0.39 is 5.60 Å². The lowest BCUT2D eigenvalue weighted by molar-refractivity contribution is -0.114. The standard InChI is InChI=1S/C36H44N8O4/c1-23(45)38-29-18-30(40-34-37-13-12-28(39-34)27-22-44(24-10-11-24)31-9-7-6-8-26(27)31)33(47-5)19-32(29)42-16-14-41(15-17-42)25-20-43(21-25)35(46)48-36(2,3)4/h6-9,12-13,18-19,22,24-25H,10-11,14-17,20-21H2,1-5H3,(H,38,45)(H,37,39,40). The highest BCUT2D eigenvalue weighted by Crippen LogP contribution is 2.42. The van der Waals surface area contributed by atoms with E-state index in [4.69, 9.17) is 14.5 Å². The average Bonchev–Trinajstić information content (AvgIpc) is 3.79. The number of ether oxygens (including phenoxy) is 2. The van der Waals surface area contributed by atoms with Crippen molar-refractivity contribution in [2.75, 3.05) is 61.9 Å². The maximum atomic E-state index is 12.4. The van der Waals surface area contributed by atoms with E-state index in [1.165, 1.54) is 30.7 Å². The highest BCUT2D eigenvalue weighted by Gasteiger charge is 2.38. The van der Waals surface area contributed by atoms with Crippen LogP contribution in [-0.4, -0.2) is 94.4 Å². The van der Waals surface area contributed by atoms with E-state index in [9.17, 15) is 9.59 Å². The number of carbonyl (C=O) groups is 2. The Morgan fingerprint density at radius 2 is 1.71 bits per heavy atom. The number of aromatic nitrogens is 3. The SMILES string of the molecule is COc1cc(N2CCN(C3CN(C(=O)OC(C)(C)C)C3)CC2)c(NC(C)=O)cc1Nc1nccc(-c2cn(C3CC3)c3ccccc23)n1. The third-order valence-corrected chi connectivity index (χ3v) is 9.17. The molecule has 1 aliphatic carbocycles. The van der Waals surface area contributed by atoms with Crippen LogP contribution < -0.4 is 20.3 Å². The van der Waals surface area contributed by atoms with Crippen molar-refractivity contribution in [1.29, 1.82) is 0 Å². The number of amides is 2. The van der Waals surface area contributed by atoms with Crippen molar-refractivity contribution in [3.05, 3.63) is 54.9 Å². The molecule has 252 valence electrons. The zero-order chi connectivity index (χ0) is 33.6. The number of fused-ring (bicyclic) bond motifs is 1. The number of carbonyl (C=O) groups excluding carboxylic acids is 2. The minimum atomic E-state index is -0.499. The van der Waals surface area contributed by atoms with Gasteiger partial charge in [0.2, 0.25) is 11.9 Å². The molecule has 7 rings (SSSR count). The summed E-state index contributed by atoms with van der Waals surface area (Å²) in [6, 6.07) is 15.1. The predicted molar refractivity (Wildman–Crippen MR) is 187 cm³/mol. The van der Waals surface area contributed by atoms with Gasteiger partial charge in [0.25, 0.3) is 0 Å². The van der Waals surface area contributed by atoms with Gasteiger partial charge in [-0.25, -0.2) is 14.8 Å². The lowest BCUT2D eigenvalue weighted by Crippen LogP contribution is -2.64. The highest BCUT2D eigenvalue weighted by molar-refractivity contribution is 5.96. The number of nitrogens with zero attached hydrogens (tertiary/aromatic N) is 6. The van der Waals surface area contributed by atoms with Crippen LogP contribution in [0.15, 0.2) is 54.9 Å². The van der Waals surface area contributed by atoms with Crippen LogP contribution >= 0.6 is 0 Å². The topological polar surface area (TPSA) is 117 Å². The van der Waals surface area contributed by atoms with Gasteiger partial charge in [-0.15, -0.1) is 0 Å². The summed E-state index contributed by atoms with van der Waals surface area (Å²) in [5.41, 5.74) is 4.85. The molecule has 0 bridgehead atoms. The summed E-state index contributed by atoms with van der Waals surface area (Å²) in [4.78, 5) is 40.6. The van der Waals surface area contributed by atoms with Crippen molar-refractivity contribution < 1.29 is 19.1 Å². The Labute approximate surface area is 281 Å². The predicted octanol–water partition coefficient (Wildman–Crippen LogP) is 5.89. The van der Waals surface area contributed by atoms with Crippen LogP contribution in [0, 0.1) is 0 Å². The monoisotopic (exact) mass is 652 g/mol. The van der Waals surface area contributed by atoms with E-state index in [1.807, 2.05) is 39.0 Å². The highest BCUT2D eigenvalue weighted by atomic mass is 16.6. The number of anilines is 4. The lowest BCUT2D eigenvalue weighted by Gasteiger charge is -2.48. The number of piperazine rings is 1. The molecule has 0 radical (unpaired) electrons. The number of hydrogen-bond donors (Lipinski definition) is 2. The molecule has 0 unspecified atom stereocenters. The summed E-state index contributed by atoms with van der Waals surface area (Å²) in [6.45, 7) is 11.7. The van der Waals surface area contributed by atoms with Crippen LogP contribution in [0.2, 0.25) is 0 Å². The third-order valence-electron chi connectivity index (χ3n) is 9.17. The van der Waals surface area contributed by atoms with Gasteiger partial charge in [0.15, 0.2) is 0 Å². The Morgan fingerprint density at radius 1 is 0.958 bits per heavy atom. The van der Waals surface area contributed by atoms with Crippen molar-refractivity contribution in [2.45, 2.75) is 58.2 Å². The van der Waals surface area contributed by atoms with Crippen molar-refractivity contribution in [1.82, 2.24) is 24.3 Å². The second-order valence-corrected chi connectivity index (χ2v) is 13.9. The summed E-state index contributed by atoms with van der Waals surface area (Å²) in [7, 11) is 1.64. The van der Waals surface area contributed by atoms with Crippen molar-refractivity contribution >= 4 is 45.9 Å². The Bertz CT molecular complexity index is 1830. The number of likely N-dealkylation sites (tertiary alicyclic amines) is 1. The van der Waals surface area contributed by atoms with Gasteiger partial charge >= 0.3 is 6.09 Å². The molecule has 4 aromatic rings. The molecule has 12 heteroatoms. The largest absolute Gasteiger partial charge is 0.494 e. The molecule has 2 amide bonds. The van der Waals surface area contributed by atoms with Crippen LogP contribution in [0.5, 0.6) is 5.75 Å². The molecule has 3 aliphatic rings. The first kappa shape index (κ1) is 31.7. The molecular formula is C36H44N8O4. The van der Waals surface area contributed by atoms with Gasteiger partial charge in [0, 0.05) is 93.2 Å². The third kappa shape index (κ3) is 6.62. The Hall–Kier alpha value is -4.84. The maximum absolute atomic E-state index is 12.4. The molecule has 48 heavy (non-hydrogen) atoms. The normalized spacial score (nSPS) is 17.3. The van der Waals surface area contributed by atoms with E-state index >= 15 is 0 Å². The molecule has 4 heterocycles. The van der Waals surface area contributed by atoms with Crippen LogP contribution in [-0.2, 0) is 9.53 Å². The fourth-order valence-electron chi connectivity index (χ4n) is 6.63. The molecule has 2 aromatic heterocycles. The van der Waals surface area contributed by atoms with Crippen molar-refractivity contribution in [3.8, 4) is 17.0 Å². The van der Waals surface area contributed by atoms with Crippen LogP contribution in [0.1, 0.15) is 46.6 Å². The van der Waals surface area contributed by atoms with E-state index in [0.29, 0.717) is 48.2 Å². The number of hydrogen-bond acceptors (Lipinski definition) is 9. The first-order valence-electron chi connectivity index (χ1n) is 16.7. The first-order valence-corrected chi connectivity index (χ1v) is 16.7. The summed E-state index contributed by atoms with van der Waals surface area (Å²) in [6.07, 6.45) is 6.12. The lowest BCUT2D eigenvalue weighted by atomic mass is 10.1. The van der Waals surface area contributed by atoms with Gasteiger partial charge in [0.1, 0.15) is 11.4 Å². The number of benzene rings is 2. The quantitative estimate of drug-likeness (QED) is 0.241. The average molecular weight is 653 g/mol. The van der Waals surface area contributed by atoms with Crippen molar-refractivity contribution in [2.24, 2.45) is 0 Å². The molecule has 1 saturated carbocycles. The molecule has 2 aliphatic heterocycles. The fourth-order valence-corrected chi connectivity index (χ4v) is 6.63. The Kier molecular flexibility index (Phi) is 8.36. The summed E-state index contributed by atoms with van der Waals surface area (Å²) >= 11 is 0. The molecule has 2 N–H and O–H groups in total. The van der Waals surface area contributed by atoms with Gasteiger partial charge in [-0.1, -0.05) is 18.2 Å². The van der Waals surface area contributed by atoms with Crippen molar-refractivity contribution in [3.63, 3.8) is 0 Å². The minimum absolute atomic E-state index is 0.159. The zero-order valence-electron chi connectivity index (χ0n) is 28.3. The van der Waals surface area contributed by atoms with Crippen LogP contribution in [0.4, 0.5) is 27.8 Å². The maximum Gasteiger partial charge on any atom is 0.410 e. The fraction of sp³-hybridized carbons (Fsp3) is 0.444. The van der Waals surface area contributed by atoms with Crippen LogP contribution in [0.25, 0.3) is 22.2 Å². The van der Waals surface area contributed by atoms with E-state index in [-0.39, 0.29) is 12.0 Å². The second kappa shape index (κ2) is 12.6. The Balaban J connectivity index is 1.08. The van der Waals surface area contributed by atoms with E-state index in [1.54, 1.807) is 18.2 Å². The Morgan fingerprint density at radius 3 is 2.40 bits per heavy atom. The van der Waals surface area contributed by atoms with E-state index in [0.717, 1.165) is 43.1 Å². The molecule has 12 nitrogen and oxygen atoms in total. The number of para-hydroxylation sites is 1. The second-order valence-electron chi connectivity index (χ2n) is 13.9. The van der Waals surface area contributed by atoms with Gasteiger partial charge in [-0.3, -0.25) is 9.69 Å². The van der Waals surface area contributed by atoms with Gasteiger partial charge < -0.3 is 34.5 Å². The minimum Gasteiger partial charge on any atom is -0.494 e. The van der Waals surface area contributed by atoms with Crippen LogP contribution in [0.3, 0.4) is 0 Å². The van der Waals surface area contributed by atoms with Gasteiger partial charge in [-0.2, -0.15) is 0 Å². The molecule has 0 atom stereocenters. The molecule has 3 fully saturated rings. The molecular weight excluding hydrogens is 608 g/mol. The summed E-state index contributed by atoms with van der Waals surface area (Å²) in [5.74, 6) is 0.894. The van der Waals surface area contributed by atoms with Gasteiger partial charge in [0.05, 0.1) is 29.9 Å². The smallest absolute Gasteiger partial charge is 0.410 e. The number of nitrogens with one attached hydrogen (secondary N) is 2. The number of methoxy groups -OCH3 is 1. The van der Waals surface area contributed by atoms with Gasteiger partial charge in [-0.05, 0) is 51.8 Å². The summed E-state index contributed by atoms with van der Waals surface area (Å²) < 4.78 is 13.7. The first-order chi connectivity index (χ1) is 23.1. The molecule has 2 aromatic carbocycles. The summed E-state index contributed by atoms with van der Waals surface area (Å²) in [5, 5.41) is 7.55. The number of rotatable bonds is 8. The zero-order valence-corrected chi connectivity index (χ0v) is 28.3.